The minimum Gasteiger partial charge on any atom is -0.300 e. The highest BCUT2D eigenvalue weighted by molar-refractivity contribution is 9.11. The molecule has 0 aliphatic carbocycles. The number of hydrogen-bond acceptors (Lipinski definition) is 4. The van der Waals surface area contributed by atoms with Gasteiger partial charge in [0.2, 0.25) is 0 Å². The van der Waals surface area contributed by atoms with Gasteiger partial charge >= 0.3 is 0 Å². The number of Topliss-reactive ketones (excluding diaryl/α,β-unsaturated/α-hetero) is 1. The SMILES string of the molecule is CC(=O)CCS(=O)(=O)c1ccc(Br)s1. The van der Waals surface area contributed by atoms with Crippen LogP contribution in [0.15, 0.2) is 20.1 Å². The van der Waals surface area contributed by atoms with Gasteiger partial charge in [0.05, 0.1) is 9.54 Å². The minimum absolute atomic E-state index is 0.0812. The lowest BCUT2D eigenvalue weighted by Crippen LogP contribution is -2.08. The molecule has 0 aromatic carbocycles. The molecule has 0 saturated heterocycles. The second-order valence-corrected chi connectivity index (χ2v) is 7.63. The van der Waals surface area contributed by atoms with Crippen molar-refractivity contribution in [3.05, 3.63) is 15.9 Å². The summed E-state index contributed by atoms with van der Waals surface area (Å²) in [5.74, 6) is -0.209. The topological polar surface area (TPSA) is 51.2 Å². The summed E-state index contributed by atoms with van der Waals surface area (Å²) in [4.78, 5) is 10.7. The van der Waals surface area contributed by atoms with E-state index in [4.69, 9.17) is 0 Å². The van der Waals surface area contributed by atoms with Crippen molar-refractivity contribution in [1.82, 2.24) is 0 Å². The van der Waals surface area contributed by atoms with Gasteiger partial charge in [-0.15, -0.1) is 11.3 Å². The van der Waals surface area contributed by atoms with E-state index in [9.17, 15) is 13.2 Å². The van der Waals surface area contributed by atoms with Crippen LogP contribution in [0.1, 0.15) is 13.3 Å². The summed E-state index contributed by atoms with van der Waals surface area (Å²) < 4.78 is 24.3. The average molecular weight is 297 g/mol. The van der Waals surface area contributed by atoms with E-state index in [0.29, 0.717) is 4.21 Å². The summed E-state index contributed by atoms with van der Waals surface area (Å²) in [6, 6.07) is 3.23. The predicted molar refractivity (Wildman–Crippen MR) is 59.4 cm³/mol. The van der Waals surface area contributed by atoms with Crippen molar-refractivity contribution in [2.24, 2.45) is 0 Å². The van der Waals surface area contributed by atoms with Crippen molar-refractivity contribution in [2.75, 3.05) is 5.75 Å². The maximum atomic E-state index is 11.6. The van der Waals surface area contributed by atoms with Crippen LogP contribution in [0.25, 0.3) is 0 Å². The molecule has 1 aromatic heterocycles. The number of thiophene rings is 1. The van der Waals surface area contributed by atoms with Crippen LogP contribution in [-0.2, 0) is 14.6 Å². The number of carbonyl (C=O) groups excluding carboxylic acids is 1. The van der Waals surface area contributed by atoms with Crippen LogP contribution >= 0.6 is 27.3 Å². The molecule has 14 heavy (non-hydrogen) atoms. The zero-order valence-electron chi connectivity index (χ0n) is 7.49. The highest BCUT2D eigenvalue weighted by atomic mass is 79.9. The summed E-state index contributed by atoms with van der Waals surface area (Å²) in [7, 11) is -3.27. The Labute approximate surface area is 95.2 Å². The average Bonchev–Trinajstić information content (AvgIpc) is 2.49. The van der Waals surface area contributed by atoms with E-state index >= 15 is 0 Å². The summed E-state index contributed by atoms with van der Waals surface area (Å²) in [6.07, 6.45) is 0.0812. The number of carbonyl (C=O) groups is 1. The lowest BCUT2D eigenvalue weighted by molar-refractivity contribution is -0.116. The fourth-order valence-electron chi connectivity index (χ4n) is 0.844. The standard InChI is InChI=1S/C8H9BrO3S2/c1-6(10)4-5-14(11,12)8-3-2-7(9)13-8/h2-3H,4-5H2,1H3. The highest BCUT2D eigenvalue weighted by Crippen LogP contribution is 2.27. The summed E-state index contributed by atoms with van der Waals surface area (Å²) in [5, 5.41) is 0. The quantitative estimate of drug-likeness (QED) is 0.856. The molecule has 0 amide bonds. The summed E-state index contributed by atoms with van der Waals surface area (Å²) >= 11 is 4.36. The van der Waals surface area contributed by atoms with Gasteiger partial charge in [-0.1, -0.05) is 0 Å². The Balaban J connectivity index is 2.81. The minimum atomic E-state index is -3.27. The molecule has 0 unspecified atom stereocenters. The molecule has 0 saturated carbocycles. The monoisotopic (exact) mass is 296 g/mol. The van der Waals surface area contributed by atoms with Gasteiger partial charge in [-0.05, 0) is 35.0 Å². The molecule has 3 nitrogen and oxygen atoms in total. The predicted octanol–water partition coefficient (Wildman–Crippen LogP) is 2.26. The van der Waals surface area contributed by atoms with Crippen LogP contribution in [0.2, 0.25) is 0 Å². The Bertz CT molecular complexity index is 433. The Morgan fingerprint density at radius 3 is 2.57 bits per heavy atom. The number of hydrogen-bond donors (Lipinski definition) is 0. The fourth-order valence-corrected chi connectivity index (χ4v) is 4.34. The summed E-state index contributed by atoms with van der Waals surface area (Å²) in [6.45, 7) is 1.39. The van der Waals surface area contributed by atoms with E-state index in [1.807, 2.05) is 0 Å². The summed E-state index contributed by atoms with van der Waals surface area (Å²) in [5.41, 5.74) is 0. The van der Waals surface area contributed by atoms with Crippen molar-refractivity contribution in [3.8, 4) is 0 Å². The number of halogens is 1. The molecule has 78 valence electrons. The molecule has 0 fully saturated rings. The fraction of sp³-hybridized carbons (Fsp3) is 0.375. The molecule has 0 atom stereocenters. The first-order valence-corrected chi connectivity index (χ1v) is 7.15. The van der Waals surface area contributed by atoms with Gasteiger partial charge in [0.15, 0.2) is 9.84 Å². The molecule has 1 rings (SSSR count). The molecule has 0 aliphatic heterocycles. The lowest BCUT2D eigenvalue weighted by atomic mass is 10.4. The molecule has 1 heterocycles. The first-order chi connectivity index (χ1) is 6.42. The van der Waals surface area contributed by atoms with E-state index in [-0.39, 0.29) is 18.0 Å². The smallest absolute Gasteiger partial charge is 0.188 e. The molecule has 0 radical (unpaired) electrons. The zero-order valence-corrected chi connectivity index (χ0v) is 10.7. The third-order valence-corrected chi connectivity index (χ3v) is 5.50. The Morgan fingerprint density at radius 2 is 2.14 bits per heavy atom. The van der Waals surface area contributed by atoms with E-state index in [2.05, 4.69) is 15.9 Å². The van der Waals surface area contributed by atoms with Crippen LogP contribution in [-0.4, -0.2) is 20.0 Å². The third kappa shape index (κ3) is 3.18. The van der Waals surface area contributed by atoms with Crippen molar-refractivity contribution < 1.29 is 13.2 Å². The molecule has 0 bridgehead atoms. The molecular formula is C8H9BrO3S2. The van der Waals surface area contributed by atoms with Crippen LogP contribution in [0, 0.1) is 0 Å². The second kappa shape index (κ2) is 4.55. The van der Waals surface area contributed by atoms with Crippen molar-refractivity contribution >= 4 is 42.9 Å². The Hall–Kier alpha value is -0.200. The van der Waals surface area contributed by atoms with Crippen LogP contribution in [0.4, 0.5) is 0 Å². The first kappa shape index (κ1) is 11.9. The first-order valence-electron chi connectivity index (χ1n) is 3.89. The highest BCUT2D eigenvalue weighted by Gasteiger charge is 2.17. The van der Waals surface area contributed by atoms with Crippen LogP contribution in [0.3, 0.4) is 0 Å². The molecule has 6 heteroatoms. The van der Waals surface area contributed by atoms with Gasteiger partial charge in [-0.2, -0.15) is 0 Å². The molecular weight excluding hydrogens is 288 g/mol. The maximum absolute atomic E-state index is 11.6. The molecule has 0 aliphatic rings. The van der Waals surface area contributed by atoms with E-state index in [0.717, 1.165) is 15.1 Å². The third-order valence-electron chi connectivity index (χ3n) is 1.58. The van der Waals surface area contributed by atoms with E-state index < -0.39 is 9.84 Å². The maximum Gasteiger partial charge on any atom is 0.188 e. The zero-order chi connectivity index (χ0) is 10.8. The van der Waals surface area contributed by atoms with E-state index in [1.165, 1.54) is 6.92 Å². The van der Waals surface area contributed by atoms with Gasteiger partial charge in [0, 0.05) is 6.42 Å². The van der Waals surface area contributed by atoms with E-state index in [1.54, 1.807) is 12.1 Å². The van der Waals surface area contributed by atoms with Gasteiger partial charge in [-0.25, -0.2) is 8.42 Å². The molecule has 1 aromatic rings. The Morgan fingerprint density at radius 1 is 1.50 bits per heavy atom. The van der Waals surface area contributed by atoms with Gasteiger partial charge < -0.3 is 0 Å². The van der Waals surface area contributed by atoms with Gasteiger partial charge in [-0.3, -0.25) is 4.79 Å². The molecule has 0 spiro atoms. The normalized spacial score (nSPS) is 11.6. The Kier molecular flexibility index (Phi) is 3.86. The van der Waals surface area contributed by atoms with Crippen LogP contribution in [0.5, 0.6) is 0 Å². The number of ketones is 1. The number of rotatable bonds is 4. The van der Waals surface area contributed by atoms with Crippen molar-refractivity contribution in [2.45, 2.75) is 17.6 Å². The number of sulfone groups is 1. The van der Waals surface area contributed by atoms with Gasteiger partial charge in [0.1, 0.15) is 9.99 Å². The van der Waals surface area contributed by atoms with Gasteiger partial charge in [0.25, 0.3) is 0 Å². The molecule has 0 N–H and O–H groups in total. The van der Waals surface area contributed by atoms with Crippen molar-refractivity contribution in [1.29, 1.82) is 0 Å². The lowest BCUT2D eigenvalue weighted by Gasteiger charge is -1.98. The second-order valence-electron chi connectivity index (χ2n) is 2.83. The van der Waals surface area contributed by atoms with Crippen molar-refractivity contribution in [3.63, 3.8) is 0 Å². The van der Waals surface area contributed by atoms with Crippen LogP contribution < -0.4 is 0 Å². The largest absolute Gasteiger partial charge is 0.300 e.